The van der Waals surface area contributed by atoms with Crippen LogP contribution in [0.5, 0.6) is 0 Å². The lowest BCUT2D eigenvalue weighted by atomic mass is 10.9. The molecule has 1 aliphatic rings. The van der Waals surface area contributed by atoms with Crippen molar-refractivity contribution >= 4 is 7.14 Å². The first-order chi connectivity index (χ1) is 3.21. The van der Waals surface area contributed by atoms with Crippen LogP contribution in [0.15, 0.2) is 0 Å². The van der Waals surface area contributed by atoms with Gasteiger partial charge >= 0.3 is 0 Å². The lowest BCUT2D eigenvalue weighted by Crippen LogP contribution is -1.79. The van der Waals surface area contributed by atoms with E-state index in [0.29, 0.717) is 13.0 Å². The second kappa shape index (κ2) is 1.61. The van der Waals surface area contributed by atoms with Crippen LogP contribution in [0, 0.1) is 0 Å². The van der Waals surface area contributed by atoms with Crippen LogP contribution in [-0.4, -0.2) is 25.8 Å². The van der Waals surface area contributed by atoms with Crippen molar-refractivity contribution in [1.82, 2.24) is 0 Å². The Balaban J connectivity index is 2.57. The average Bonchev–Trinajstić information content (AvgIpc) is 1.84. The molecule has 0 aromatic rings. The molecule has 0 aromatic carbocycles. The topological polar surface area (TPSA) is 26.3 Å². The Morgan fingerprint density at radius 3 is 2.57 bits per heavy atom. The van der Waals surface area contributed by atoms with Crippen LogP contribution in [0.1, 0.15) is 0 Å². The molecule has 0 amide bonds. The summed E-state index contributed by atoms with van der Waals surface area (Å²) in [6.07, 6.45) is 1.29. The number of hydrogen-bond acceptors (Lipinski definition) is 2. The van der Waals surface area contributed by atoms with Crippen molar-refractivity contribution in [2.75, 3.05) is 25.8 Å². The molecule has 3 heteroatoms. The normalized spacial score (nSPS) is 41.9. The van der Waals surface area contributed by atoms with Gasteiger partial charge < -0.3 is 9.30 Å². The Kier molecular flexibility index (Phi) is 1.22. The van der Waals surface area contributed by atoms with Crippen molar-refractivity contribution in [2.45, 2.75) is 0 Å². The lowest BCUT2D eigenvalue weighted by Gasteiger charge is -1.94. The fourth-order valence-electron chi connectivity index (χ4n) is 0.580. The summed E-state index contributed by atoms with van der Waals surface area (Å²) in [5, 5.41) is 0. The lowest BCUT2D eigenvalue weighted by molar-refractivity contribution is 0.215. The number of hydrogen-bond donors (Lipinski definition) is 0. The van der Waals surface area contributed by atoms with E-state index in [1.54, 1.807) is 6.66 Å². The summed E-state index contributed by atoms with van der Waals surface area (Å²) in [4.78, 5) is 0. The third-order valence-electron chi connectivity index (χ3n) is 1.07. The summed E-state index contributed by atoms with van der Waals surface area (Å²) in [7, 11) is -1.77. The van der Waals surface area contributed by atoms with Gasteiger partial charge in [-0.3, -0.25) is 0 Å². The van der Waals surface area contributed by atoms with E-state index in [1.165, 1.54) is 0 Å². The summed E-state index contributed by atoms with van der Waals surface area (Å²) in [6, 6.07) is 0. The molecule has 1 atom stereocenters. The fraction of sp³-hybridized carbons (Fsp3) is 1.00. The maximum Gasteiger partial charge on any atom is 0.111 e. The largest absolute Gasteiger partial charge is 0.373 e. The van der Waals surface area contributed by atoms with Gasteiger partial charge in [-0.05, 0) is 6.66 Å². The maximum atomic E-state index is 10.9. The summed E-state index contributed by atoms with van der Waals surface area (Å²) in [5.74, 6) is 0. The van der Waals surface area contributed by atoms with Crippen LogP contribution in [0.2, 0.25) is 0 Å². The Morgan fingerprint density at radius 2 is 2.43 bits per heavy atom. The zero-order valence-electron chi connectivity index (χ0n) is 4.39. The van der Waals surface area contributed by atoms with Crippen molar-refractivity contribution in [3.8, 4) is 0 Å². The standard InChI is InChI=1S/C4H9O2P/c1-7(5)3-2-6-4-7/h2-4H2,1H3/t7-/m1/s1. The molecule has 1 aliphatic heterocycles. The van der Waals surface area contributed by atoms with E-state index >= 15 is 0 Å². The molecular weight excluding hydrogens is 111 g/mol. The van der Waals surface area contributed by atoms with Gasteiger partial charge in [0.1, 0.15) is 7.14 Å². The van der Waals surface area contributed by atoms with Gasteiger partial charge in [0, 0.05) is 6.16 Å². The first-order valence-corrected chi connectivity index (χ1v) is 4.86. The highest BCUT2D eigenvalue weighted by molar-refractivity contribution is 7.63. The second-order valence-corrected chi connectivity index (χ2v) is 5.36. The van der Waals surface area contributed by atoms with Crippen molar-refractivity contribution in [3.63, 3.8) is 0 Å². The van der Waals surface area contributed by atoms with Crippen LogP contribution in [0.3, 0.4) is 0 Å². The van der Waals surface area contributed by atoms with Gasteiger partial charge in [-0.15, -0.1) is 0 Å². The summed E-state index contributed by atoms with van der Waals surface area (Å²) in [6.45, 7) is 2.49. The van der Waals surface area contributed by atoms with Gasteiger partial charge in [-0.25, -0.2) is 0 Å². The predicted octanol–water partition coefficient (Wildman–Crippen LogP) is 0.967. The van der Waals surface area contributed by atoms with Crippen molar-refractivity contribution in [2.24, 2.45) is 0 Å². The van der Waals surface area contributed by atoms with E-state index in [-0.39, 0.29) is 0 Å². The van der Waals surface area contributed by atoms with Crippen molar-refractivity contribution in [1.29, 1.82) is 0 Å². The Labute approximate surface area is 43.2 Å². The van der Waals surface area contributed by atoms with Crippen LogP contribution in [-0.2, 0) is 9.30 Å². The monoisotopic (exact) mass is 120 g/mol. The smallest absolute Gasteiger partial charge is 0.111 e. The number of rotatable bonds is 0. The Hall–Kier alpha value is 0.190. The minimum Gasteiger partial charge on any atom is -0.373 e. The first kappa shape index (κ1) is 5.33. The second-order valence-electron chi connectivity index (χ2n) is 2.06. The number of ether oxygens (including phenoxy) is 1. The summed E-state index contributed by atoms with van der Waals surface area (Å²) >= 11 is 0. The van der Waals surface area contributed by atoms with Gasteiger partial charge in [0.15, 0.2) is 0 Å². The molecule has 0 saturated carbocycles. The van der Waals surface area contributed by atoms with Crippen molar-refractivity contribution < 1.29 is 9.30 Å². The summed E-state index contributed by atoms with van der Waals surface area (Å²) < 4.78 is 15.8. The quantitative estimate of drug-likeness (QED) is 0.445. The van der Waals surface area contributed by atoms with Gasteiger partial charge in [0.2, 0.25) is 0 Å². The molecule has 0 unspecified atom stereocenters. The highest BCUT2D eigenvalue weighted by atomic mass is 31.2. The van der Waals surface area contributed by atoms with E-state index in [2.05, 4.69) is 0 Å². The Morgan fingerprint density at radius 1 is 1.71 bits per heavy atom. The molecule has 0 bridgehead atoms. The van der Waals surface area contributed by atoms with E-state index in [0.717, 1.165) is 6.16 Å². The predicted molar refractivity (Wildman–Crippen MR) is 29.2 cm³/mol. The molecule has 0 radical (unpaired) electrons. The molecule has 0 aliphatic carbocycles. The molecule has 0 spiro atoms. The molecule has 1 fully saturated rings. The molecule has 42 valence electrons. The van der Waals surface area contributed by atoms with Crippen LogP contribution >= 0.6 is 7.14 Å². The Bertz CT molecular complexity index is 100. The van der Waals surface area contributed by atoms with E-state index in [1.807, 2.05) is 0 Å². The first-order valence-electron chi connectivity index (χ1n) is 2.34. The third kappa shape index (κ3) is 1.29. The summed E-state index contributed by atoms with van der Waals surface area (Å²) in [5.41, 5.74) is 0. The van der Waals surface area contributed by atoms with E-state index < -0.39 is 7.14 Å². The minimum atomic E-state index is -1.77. The fourth-order valence-corrected chi connectivity index (χ4v) is 1.74. The SMILES string of the molecule is C[P@@]1(=O)CCOC1. The van der Waals surface area contributed by atoms with E-state index in [9.17, 15) is 4.57 Å². The molecule has 7 heavy (non-hydrogen) atoms. The maximum absolute atomic E-state index is 10.9. The average molecular weight is 120 g/mol. The molecule has 1 rings (SSSR count). The van der Waals surface area contributed by atoms with Gasteiger partial charge in [0.25, 0.3) is 0 Å². The van der Waals surface area contributed by atoms with Crippen LogP contribution in [0.4, 0.5) is 0 Å². The van der Waals surface area contributed by atoms with Crippen LogP contribution in [0.25, 0.3) is 0 Å². The van der Waals surface area contributed by atoms with Crippen molar-refractivity contribution in [3.05, 3.63) is 0 Å². The highest BCUT2D eigenvalue weighted by Crippen LogP contribution is 2.44. The zero-order chi connectivity index (χ0) is 5.33. The third-order valence-corrected chi connectivity index (χ3v) is 2.93. The minimum absolute atomic E-state index is 0.507. The zero-order valence-corrected chi connectivity index (χ0v) is 5.28. The highest BCUT2D eigenvalue weighted by Gasteiger charge is 2.20. The molecule has 0 aromatic heterocycles. The molecular formula is C4H9O2P. The van der Waals surface area contributed by atoms with Gasteiger partial charge in [-0.2, -0.15) is 0 Å². The molecule has 1 heterocycles. The van der Waals surface area contributed by atoms with E-state index in [4.69, 9.17) is 4.74 Å². The molecule has 2 nitrogen and oxygen atoms in total. The van der Waals surface area contributed by atoms with Gasteiger partial charge in [-0.1, -0.05) is 0 Å². The van der Waals surface area contributed by atoms with Crippen LogP contribution < -0.4 is 0 Å². The van der Waals surface area contributed by atoms with Gasteiger partial charge in [0.05, 0.1) is 13.0 Å². The molecule has 1 saturated heterocycles. The molecule has 0 N–H and O–H groups in total.